The third-order valence-electron chi connectivity index (χ3n) is 4.22. The van der Waals surface area contributed by atoms with Crippen molar-refractivity contribution in [3.05, 3.63) is 36.0 Å². The molecule has 1 aromatic carbocycles. The molecule has 6 heteroatoms. The van der Waals surface area contributed by atoms with Crippen molar-refractivity contribution in [1.82, 2.24) is 14.9 Å². The zero-order valence-corrected chi connectivity index (χ0v) is 14.0. The van der Waals surface area contributed by atoms with E-state index in [1.54, 1.807) is 0 Å². The maximum absolute atomic E-state index is 9.14. The molecule has 1 aliphatic heterocycles. The molecule has 0 radical (unpaired) electrons. The number of rotatable bonds is 8. The van der Waals surface area contributed by atoms with Gasteiger partial charge >= 0.3 is 0 Å². The van der Waals surface area contributed by atoms with Gasteiger partial charge in [0, 0.05) is 13.1 Å². The molecule has 1 aromatic heterocycles. The van der Waals surface area contributed by atoms with Gasteiger partial charge in [-0.1, -0.05) is 18.6 Å². The maximum Gasteiger partial charge on any atom is 0.210 e. The number of imidazole rings is 1. The van der Waals surface area contributed by atoms with Crippen molar-refractivity contribution in [3.63, 3.8) is 0 Å². The van der Waals surface area contributed by atoms with E-state index in [2.05, 4.69) is 44.5 Å². The van der Waals surface area contributed by atoms with Gasteiger partial charge in [0.2, 0.25) is 11.8 Å². The minimum absolute atomic E-state index is 0.0680. The summed E-state index contributed by atoms with van der Waals surface area (Å²) in [5, 5.41) is 12.2. The molecule has 24 heavy (non-hydrogen) atoms. The van der Waals surface area contributed by atoms with E-state index in [-0.39, 0.29) is 5.88 Å². The third-order valence-corrected chi connectivity index (χ3v) is 4.22. The number of aromatic hydroxyl groups is 1. The number of likely N-dealkylation sites (tertiary alicyclic amines) is 1. The van der Waals surface area contributed by atoms with Gasteiger partial charge in [0.05, 0.1) is 12.8 Å². The largest absolute Gasteiger partial charge is 0.494 e. The van der Waals surface area contributed by atoms with Crippen LogP contribution in [0.3, 0.4) is 0 Å². The molecule has 0 atom stereocenters. The number of nitrogens with one attached hydrogen (secondary N) is 2. The zero-order valence-electron chi connectivity index (χ0n) is 14.0. The van der Waals surface area contributed by atoms with E-state index in [4.69, 9.17) is 9.84 Å². The summed E-state index contributed by atoms with van der Waals surface area (Å²) in [7, 11) is 0. The van der Waals surface area contributed by atoms with Crippen LogP contribution in [0, 0.1) is 0 Å². The van der Waals surface area contributed by atoms with Crippen molar-refractivity contribution >= 4 is 5.95 Å². The van der Waals surface area contributed by atoms with Crippen LogP contribution >= 0.6 is 0 Å². The minimum Gasteiger partial charge on any atom is -0.494 e. The highest BCUT2D eigenvalue weighted by Gasteiger charge is 2.10. The van der Waals surface area contributed by atoms with E-state index in [0.29, 0.717) is 12.6 Å². The molecule has 1 saturated heterocycles. The van der Waals surface area contributed by atoms with Gasteiger partial charge in [-0.2, -0.15) is 0 Å². The lowest BCUT2D eigenvalue weighted by Gasteiger charge is -2.26. The monoisotopic (exact) mass is 330 g/mol. The molecular weight excluding hydrogens is 304 g/mol. The average Bonchev–Trinajstić information content (AvgIpc) is 3.02. The van der Waals surface area contributed by atoms with Crippen LogP contribution in [-0.2, 0) is 6.54 Å². The van der Waals surface area contributed by atoms with Crippen LogP contribution in [0.4, 0.5) is 5.95 Å². The van der Waals surface area contributed by atoms with Gasteiger partial charge < -0.3 is 15.2 Å². The second-order valence-electron chi connectivity index (χ2n) is 6.23. The fourth-order valence-electron chi connectivity index (χ4n) is 2.94. The van der Waals surface area contributed by atoms with Gasteiger partial charge in [-0.3, -0.25) is 9.88 Å². The number of piperidine rings is 1. The zero-order chi connectivity index (χ0) is 16.6. The Morgan fingerprint density at radius 1 is 1.17 bits per heavy atom. The first-order valence-corrected chi connectivity index (χ1v) is 8.71. The summed E-state index contributed by atoms with van der Waals surface area (Å²) in [6.45, 7) is 4.86. The van der Waals surface area contributed by atoms with E-state index >= 15 is 0 Å². The van der Waals surface area contributed by atoms with Gasteiger partial charge in [0.1, 0.15) is 5.75 Å². The maximum atomic E-state index is 9.14. The topological polar surface area (TPSA) is 73.4 Å². The number of H-pyrrole nitrogens is 1. The summed E-state index contributed by atoms with van der Waals surface area (Å²) in [6, 6.07) is 8.43. The average molecular weight is 330 g/mol. The third kappa shape index (κ3) is 5.16. The molecule has 0 spiro atoms. The lowest BCUT2D eigenvalue weighted by atomic mass is 10.1. The van der Waals surface area contributed by atoms with Crippen molar-refractivity contribution in [3.8, 4) is 11.6 Å². The molecule has 0 saturated carbocycles. The van der Waals surface area contributed by atoms with E-state index in [1.165, 1.54) is 44.1 Å². The molecule has 0 amide bonds. The Balaban J connectivity index is 1.33. The SMILES string of the molecule is Oc1cnc(NCCCOc2ccc(CN3CCCCC3)cc2)[nH]1. The summed E-state index contributed by atoms with van der Waals surface area (Å²) in [5.74, 6) is 1.56. The molecule has 6 nitrogen and oxygen atoms in total. The van der Waals surface area contributed by atoms with Crippen LogP contribution in [0.5, 0.6) is 11.6 Å². The lowest BCUT2D eigenvalue weighted by molar-refractivity contribution is 0.221. The Hall–Kier alpha value is -2.21. The molecule has 2 heterocycles. The van der Waals surface area contributed by atoms with Gasteiger partial charge in [-0.25, -0.2) is 4.98 Å². The molecule has 1 aliphatic rings. The fourth-order valence-corrected chi connectivity index (χ4v) is 2.94. The number of hydrogen-bond donors (Lipinski definition) is 3. The molecule has 3 rings (SSSR count). The van der Waals surface area contributed by atoms with Crippen molar-refractivity contribution in [2.45, 2.75) is 32.2 Å². The van der Waals surface area contributed by atoms with E-state index in [1.807, 2.05) is 0 Å². The number of aromatic nitrogens is 2. The first kappa shape index (κ1) is 16.6. The molecule has 1 fully saturated rings. The minimum atomic E-state index is 0.0680. The smallest absolute Gasteiger partial charge is 0.210 e. The van der Waals surface area contributed by atoms with Gasteiger partial charge in [0.15, 0.2) is 0 Å². The van der Waals surface area contributed by atoms with Crippen LogP contribution in [0.15, 0.2) is 30.5 Å². The highest BCUT2D eigenvalue weighted by molar-refractivity contribution is 5.28. The molecule has 3 N–H and O–H groups in total. The number of benzene rings is 1. The highest BCUT2D eigenvalue weighted by Crippen LogP contribution is 2.16. The standard InChI is InChI=1S/C18H26N4O2/c23-17-13-20-18(21-17)19-9-4-12-24-16-7-5-15(6-8-16)14-22-10-2-1-3-11-22/h5-8,13,23H,1-4,9-12,14H2,(H2,19,20,21). The van der Waals surface area contributed by atoms with Crippen molar-refractivity contribution < 1.29 is 9.84 Å². The van der Waals surface area contributed by atoms with Crippen molar-refractivity contribution in [2.24, 2.45) is 0 Å². The summed E-state index contributed by atoms with van der Waals surface area (Å²) in [6.07, 6.45) is 6.26. The lowest BCUT2D eigenvalue weighted by Crippen LogP contribution is -2.28. The van der Waals surface area contributed by atoms with Crippen molar-refractivity contribution in [1.29, 1.82) is 0 Å². The predicted octanol–water partition coefficient (Wildman–Crippen LogP) is 2.98. The van der Waals surface area contributed by atoms with Crippen LogP contribution in [0.1, 0.15) is 31.2 Å². The Labute approximate surface area is 142 Å². The Bertz CT molecular complexity index is 606. The first-order chi connectivity index (χ1) is 11.8. The van der Waals surface area contributed by atoms with E-state index in [9.17, 15) is 0 Å². The summed E-state index contributed by atoms with van der Waals surface area (Å²) >= 11 is 0. The summed E-state index contributed by atoms with van der Waals surface area (Å²) < 4.78 is 5.76. The Morgan fingerprint density at radius 2 is 1.96 bits per heavy atom. The normalized spacial score (nSPS) is 15.3. The van der Waals surface area contributed by atoms with Crippen molar-refractivity contribution in [2.75, 3.05) is 31.6 Å². The summed E-state index contributed by atoms with van der Waals surface area (Å²) in [5.41, 5.74) is 1.35. The number of hydrogen-bond acceptors (Lipinski definition) is 5. The van der Waals surface area contributed by atoms with Crippen LogP contribution < -0.4 is 10.1 Å². The first-order valence-electron chi connectivity index (χ1n) is 8.71. The molecule has 0 aliphatic carbocycles. The van der Waals surface area contributed by atoms with Gasteiger partial charge in [-0.15, -0.1) is 0 Å². The molecule has 0 unspecified atom stereocenters. The molecule has 0 bridgehead atoms. The molecule has 130 valence electrons. The Morgan fingerprint density at radius 3 is 2.67 bits per heavy atom. The van der Waals surface area contributed by atoms with Gasteiger partial charge in [-0.05, 0) is 50.0 Å². The van der Waals surface area contributed by atoms with E-state index in [0.717, 1.165) is 25.3 Å². The predicted molar refractivity (Wildman–Crippen MR) is 94.4 cm³/mol. The van der Waals surface area contributed by atoms with Crippen LogP contribution in [0.2, 0.25) is 0 Å². The summed E-state index contributed by atoms with van der Waals surface area (Å²) in [4.78, 5) is 9.21. The number of nitrogens with zero attached hydrogens (tertiary/aromatic N) is 2. The highest BCUT2D eigenvalue weighted by atomic mass is 16.5. The number of aromatic amines is 1. The molecular formula is C18H26N4O2. The van der Waals surface area contributed by atoms with E-state index < -0.39 is 0 Å². The van der Waals surface area contributed by atoms with Gasteiger partial charge in [0.25, 0.3) is 0 Å². The second-order valence-corrected chi connectivity index (χ2v) is 6.23. The Kier molecular flexibility index (Phi) is 5.96. The number of ether oxygens (including phenoxy) is 1. The van der Waals surface area contributed by atoms with Crippen LogP contribution in [-0.4, -0.2) is 46.2 Å². The number of anilines is 1. The molecule has 2 aromatic rings. The fraction of sp³-hybridized carbons (Fsp3) is 0.500. The quantitative estimate of drug-likeness (QED) is 0.649. The van der Waals surface area contributed by atoms with Crippen LogP contribution in [0.25, 0.3) is 0 Å². The second kappa shape index (κ2) is 8.59.